The smallest absolute Gasteiger partial charge is 0.422 e. The highest BCUT2D eigenvalue weighted by Gasteiger charge is 2.29. The number of aryl methyl sites for hydroxylation is 2. The van der Waals surface area contributed by atoms with Crippen LogP contribution in [0.4, 0.5) is 20.6 Å². The van der Waals surface area contributed by atoms with Crippen molar-refractivity contribution in [1.29, 1.82) is 0 Å². The molecule has 0 saturated heterocycles. The molecule has 1 aliphatic rings. The Morgan fingerprint density at radius 1 is 0.973 bits per heavy atom. The van der Waals surface area contributed by atoms with Crippen LogP contribution in [-0.2, 0) is 14.3 Å². The van der Waals surface area contributed by atoms with E-state index in [0.29, 0.717) is 28.4 Å². The lowest BCUT2D eigenvalue weighted by Gasteiger charge is -2.26. The molecule has 0 heterocycles. The number of nitrogens with zero attached hydrogens (tertiary/aromatic N) is 1. The third kappa shape index (κ3) is 6.35. The maximum absolute atomic E-state index is 13.8. The van der Waals surface area contributed by atoms with E-state index in [9.17, 15) is 18.8 Å². The van der Waals surface area contributed by atoms with Gasteiger partial charge in [-0.15, -0.1) is 0 Å². The average Bonchev–Trinajstić information content (AvgIpc) is 3.64. The number of rotatable bonds is 8. The Balaban J connectivity index is 1.63. The highest BCUT2D eigenvalue weighted by atomic mass is 35.5. The monoisotopic (exact) mass is 523 g/mol. The second-order valence-electron chi connectivity index (χ2n) is 9.16. The van der Waals surface area contributed by atoms with Gasteiger partial charge in [0.2, 0.25) is 6.29 Å². The van der Waals surface area contributed by atoms with Crippen LogP contribution >= 0.6 is 11.6 Å². The summed E-state index contributed by atoms with van der Waals surface area (Å²) in [5.74, 6) is -0.821. The number of ketones is 1. The Bertz CT molecular complexity index is 1350. The highest BCUT2D eigenvalue weighted by Crippen LogP contribution is 2.35. The Hall–Kier alpha value is -3.71. The quantitative estimate of drug-likeness (QED) is 0.176. The van der Waals surface area contributed by atoms with Crippen LogP contribution in [0, 0.1) is 25.6 Å². The van der Waals surface area contributed by atoms with E-state index in [0.717, 1.165) is 18.4 Å². The number of esters is 1. The standard InChI is InChI=1S/C29H27ClFNO5/c1-17-6-4-5-7-23(17)28(34)24-12-11-22(16-25(24)30)32(26-13-10-21(31)14-18(26)2)29(35)37-19(3)36-27(33)15-20-8-9-20/h4-7,10-14,16,19-20H,8-9,15H2,1-3H3. The topological polar surface area (TPSA) is 72.9 Å². The molecule has 1 atom stereocenters. The zero-order chi connectivity index (χ0) is 26.7. The summed E-state index contributed by atoms with van der Waals surface area (Å²) >= 11 is 6.53. The van der Waals surface area contributed by atoms with Gasteiger partial charge in [0.05, 0.1) is 16.4 Å². The number of hydrogen-bond donors (Lipinski definition) is 0. The van der Waals surface area contributed by atoms with E-state index in [2.05, 4.69) is 0 Å². The van der Waals surface area contributed by atoms with Crippen LogP contribution in [0.2, 0.25) is 5.02 Å². The molecule has 0 bridgehead atoms. The molecule has 3 aromatic carbocycles. The van der Waals surface area contributed by atoms with E-state index >= 15 is 0 Å². The summed E-state index contributed by atoms with van der Waals surface area (Å²) in [5.41, 5.74) is 2.70. The Morgan fingerprint density at radius 3 is 2.35 bits per heavy atom. The van der Waals surface area contributed by atoms with Crippen LogP contribution in [-0.4, -0.2) is 24.1 Å². The summed E-state index contributed by atoms with van der Waals surface area (Å²) in [6, 6.07) is 15.7. The van der Waals surface area contributed by atoms with Gasteiger partial charge in [-0.2, -0.15) is 0 Å². The van der Waals surface area contributed by atoms with Crippen LogP contribution in [0.5, 0.6) is 0 Å². The normalized spacial score (nSPS) is 13.5. The molecule has 192 valence electrons. The first-order valence-electron chi connectivity index (χ1n) is 12.0. The number of hydrogen-bond acceptors (Lipinski definition) is 5. The number of carbonyl (C=O) groups is 3. The molecule has 0 spiro atoms. The lowest BCUT2D eigenvalue weighted by Crippen LogP contribution is -2.32. The summed E-state index contributed by atoms with van der Waals surface area (Å²) in [4.78, 5) is 39.7. The fourth-order valence-electron chi connectivity index (χ4n) is 4.02. The van der Waals surface area contributed by atoms with Gasteiger partial charge >= 0.3 is 12.1 Å². The first-order valence-corrected chi connectivity index (χ1v) is 12.4. The third-order valence-electron chi connectivity index (χ3n) is 6.14. The SMILES string of the molecule is Cc1ccccc1C(=O)c1ccc(N(C(=O)OC(C)OC(=O)CC2CC2)c2ccc(F)cc2C)cc1Cl. The number of amides is 1. The van der Waals surface area contributed by atoms with E-state index in [1.165, 1.54) is 42.2 Å². The molecule has 37 heavy (non-hydrogen) atoms. The Morgan fingerprint density at radius 2 is 1.70 bits per heavy atom. The van der Waals surface area contributed by atoms with Crippen molar-refractivity contribution in [3.8, 4) is 0 Å². The van der Waals surface area contributed by atoms with E-state index in [1.807, 2.05) is 19.1 Å². The molecule has 1 saturated carbocycles. The minimum Gasteiger partial charge on any atom is -0.425 e. The van der Waals surface area contributed by atoms with Gasteiger partial charge in [-0.3, -0.25) is 9.59 Å². The van der Waals surface area contributed by atoms with E-state index in [4.69, 9.17) is 21.1 Å². The predicted octanol–water partition coefficient (Wildman–Crippen LogP) is 7.29. The minimum atomic E-state index is -1.14. The average molecular weight is 524 g/mol. The zero-order valence-electron chi connectivity index (χ0n) is 20.8. The third-order valence-corrected chi connectivity index (χ3v) is 6.46. The largest absolute Gasteiger partial charge is 0.425 e. The molecule has 0 aromatic heterocycles. The summed E-state index contributed by atoms with van der Waals surface area (Å²) in [6.07, 6.45) is 0.276. The Labute approximate surface area is 219 Å². The number of ether oxygens (including phenoxy) is 2. The van der Waals surface area contributed by atoms with Gasteiger partial charge in [-0.25, -0.2) is 14.1 Å². The zero-order valence-corrected chi connectivity index (χ0v) is 21.5. The predicted molar refractivity (Wildman–Crippen MR) is 139 cm³/mol. The number of carbonyl (C=O) groups excluding carboxylic acids is 3. The van der Waals surface area contributed by atoms with E-state index in [1.54, 1.807) is 25.1 Å². The van der Waals surface area contributed by atoms with Crippen molar-refractivity contribution in [3.05, 3.63) is 93.8 Å². The van der Waals surface area contributed by atoms with Crippen LogP contribution in [0.3, 0.4) is 0 Å². The fourth-order valence-corrected chi connectivity index (χ4v) is 4.28. The molecule has 1 fully saturated rings. The molecule has 0 N–H and O–H groups in total. The second-order valence-corrected chi connectivity index (χ2v) is 9.57. The van der Waals surface area contributed by atoms with Crippen LogP contribution in [0.15, 0.2) is 60.7 Å². The molecule has 0 aliphatic heterocycles. The van der Waals surface area contributed by atoms with Crippen molar-refractivity contribution < 1.29 is 28.2 Å². The van der Waals surface area contributed by atoms with Gasteiger partial charge in [0, 0.05) is 24.5 Å². The van der Waals surface area contributed by atoms with Gasteiger partial charge in [-0.1, -0.05) is 35.9 Å². The highest BCUT2D eigenvalue weighted by molar-refractivity contribution is 6.35. The van der Waals surface area contributed by atoms with Crippen molar-refractivity contribution in [2.75, 3.05) is 4.90 Å². The number of halogens is 2. The molecular formula is C29H27ClFNO5. The molecule has 6 nitrogen and oxygen atoms in total. The van der Waals surface area contributed by atoms with Crippen LogP contribution in [0.1, 0.15) is 53.2 Å². The van der Waals surface area contributed by atoms with Gasteiger partial charge < -0.3 is 9.47 Å². The van der Waals surface area contributed by atoms with Gasteiger partial charge in [0.15, 0.2) is 5.78 Å². The molecule has 1 unspecified atom stereocenters. The van der Waals surface area contributed by atoms with Gasteiger partial charge in [0.1, 0.15) is 5.82 Å². The molecule has 1 aliphatic carbocycles. The summed E-state index contributed by atoms with van der Waals surface area (Å²) in [5, 5.41) is 0.132. The van der Waals surface area contributed by atoms with Crippen LogP contribution < -0.4 is 4.90 Å². The maximum Gasteiger partial charge on any atom is 0.422 e. The van der Waals surface area contributed by atoms with Gasteiger partial charge in [0.25, 0.3) is 0 Å². The molecule has 3 aromatic rings. The molecule has 8 heteroatoms. The van der Waals surface area contributed by atoms with Gasteiger partial charge in [-0.05, 0) is 80.1 Å². The molecule has 0 radical (unpaired) electrons. The lowest BCUT2D eigenvalue weighted by molar-refractivity contribution is -0.164. The molecule has 4 rings (SSSR count). The summed E-state index contributed by atoms with van der Waals surface area (Å²) < 4.78 is 24.5. The van der Waals surface area contributed by atoms with E-state index in [-0.39, 0.29) is 22.8 Å². The minimum absolute atomic E-state index is 0.132. The maximum atomic E-state index is 13.8. The lowest BCUT2D eigenvalue weighted by atomic mass is 9.99. The number of benzene rings is 3. The second kappa shape index (κ2) is 11.1. The van der Waals surface area contributed by atoms with Crippen LogP contribution in [0.25, 0.3) is 0 Å². The van der Waals surface area contributed by atoms with E-state index < -0.39 is 24.2 Å². The number of anilines is 2. The van der Waals surface area contributed by atoms with Crippen molar-refractivity contribution in [2.45, 2.75) is 46.3 Å². The molecular weight excluding hydrogens is 497 g/mol. The first-order chi connectivity index (χ1) is 17.6. The van der Waals surface area contributed by atoms with Crippen molar-refractivity contribution in [2.24, 2.45) is 5.92 Å². The fraction of sp³-hybridized carbons (Fsp3) is 0.276. The van der Waals surface area contributed by atoms with Crippen molar-refractivity contribution in [1.82, 2.24) is 0 Å². The summed E-state index contributed by atoms with van der Waals surface area (Å²) in [6.45, 7) is 4.94. The van der Waals surface area contributed by atoms with Crippen molar-refractivity contribution >= 4 is 40.8 Å². The summed E-state index contributed by atoms with van der Waals surface area (Å²) in [7, 11) is 0. The first kappa shape index (κ1) is 26.4. The Kier molecular flexibility index (Phi) is 7.93. The van der Waals surface area contributed by atoms with Crippen molar-refractivity contribution in [3.63, 3.8) is 0 Å². The molecule has 1 amide bonds.